The first-order valence-corrected chi connectivity index (χ1v) is 3.77. The second-order valence-corrected chi connectivity index (χ2v) is 2.89. The van der Waals surface area contributed by atoms with Gasteiger partial charge in [0.2, 0.25) is 0 Å². The lowest BCUT2D eigenvalue weighted by Crippen LogP contribution is -1.86. The summed E-state index contributed by atoms with van der Waals surface area (Å²) in [6.45, 7) is 0. The topological polar surface area (TPSA) is 47.6 Å². The van der Waals surface area contributed by atoms with Gasteiger partial charge in [0.05, 0.1) is 11.1 Å². The molecule has 0 saturated carbocycles. The second kappa shape index (κ2) is 4.59. The van der Waals surface area contributed by atoms with E-state index in [2.05, 4.69) is 15.9 Å². The van der Waals surface area contributed by atoms with Crippen LogP contribution < -0.4 is 0 Å². The molecule has 0 aliphatic rings. The summed E-state index contributed by atoms with van der Waals surface area (Å²) in [5.41, 5.74) is 0.141. The fraction of sp³-hybridized carbons (Fsp3) is 0.111. The predicted octanol–water partition coefficient (Wildman–Crippen LogP) is 2.97. The van der Waals surface area contributed by atoms with Crippen LogP contribution in [0.1, 0.15) is 18.6 Å². The Morgan fingerprint density at radius 2 is 1.69 bits per heavy atom. The molecule has 0 unspecified atom stereocenters. The molecule has 0 spiro atoms. The normalized spacial score (nSPS) is 8.00. The molecule has 0 aliphatic heterocycles. The molecule has 2 nitrogen and oxygen atoms in total. The molecule has 66 valence electrons. The number of benzene rings is 1. The first kappa shape index (κ1) is 11.6. The summed E-state index contributed by atoms with van der Waals surface area (Å²) in [5, 5.41) is 16.9. The van der Waals surface area contributed by atoms with Gasteiger partial charge in [-0.2, -0.15) is 10.5 Å². The van der Waals surface area contributed by atoms with E-state index in [1.165, 1.54) is 6.07 Å². The molecule has 0 saturated heterocycles. The van der Waals surface area contributed by atoms with Gasteiger partial charge in [-0.25, -0.2) is 4.39 Å². The van der Waals surface area contributed by atoms with E-state index in [-0.39, 0.29) is 18.6 Å². The highest BCUT2D eigenvalue weighted by Crippen LogP contribution is 2.19. The first-order chi connectivity index (χ1) is 5.69. The fourth-order valence-corrected chi connectivity index (χ4v) is 1.12. The van der Waals surface area contributed by atoms with E-state index in [4.69, 9.17) is 10.5 Å². The van der Waals surface area contributed by atoms with E-state index >= 15 is 0 Å². The van der Waals surface area contributed by atoms with Gasteiger partial charge in [0.1, 0.15) is 18.0 Å². The fourth-order valence-electron chi connectivity index (χ4n) is 0.720. The molecule has 13 heavy (non-hydrogen) atoms. The Balaban J connectivity index is 0.00000144. The summed E-state index contributed by atoms with van der Waals surface area (Å²) in [7, 11) is 0. The van der Waals surface area contributed by atoms with E-state index < -0.39 is 5.82 Å². The van der Waals surface area contributed by atoms with Crippen molar-refractivity contribution in [1.29, 1.82) is 10.5 Å². The Hall–Kier alpha value is -1.39. The maximum atomic E-state index is 12.8. The maximum absolute atomic E-state index is 12.8. The lowest BCUT2D eigenvalue weighted by atomic mass is 10.1. The van der Waals surface area contributed by atoms with Crippen LogP contribution in [0.3, 0.4) is 0 Å². The minimum absolute atomic E-state index is 0. The summed E-state index contributed by atoms with van der Waals surface area (Å²) >= 11 is 3.00. The molecule has 0 amide bonds. The zero-order valence-electron chi connectivity index (χ0n) is 5.81. The van der Waals surface area contributed by atoms with Crippen LogP contribution in [0, 0.1) is 28.5 Å². The average Bonchev–Trinajstić information content (AvgIpc) is 2.05. The molecule has 0 aliphatic carbocycles. The number of nitrogens with zero attached hydrogens (tertiary/aromatic N) is 2. The number of halogens is 2. The van der Waals surface area contributed by atoms with Crippen LogP contribution in [0.15, 0.2) is 16.6 Å². The van der Waals surface area contributed by atoms with E-state index in [9.17, 15) is 4.39 Å². The van der Waals surface area contributed by atoms with Crippen molar-refractivity contribution in [2.75, 3.05) is 0 Å². The van der Waals surface area contributed by atoms with Crippen LogP contribution >= 0.6 is 15.9 Å². The zero-order chi connectivity index (χ0) is 9.14. The van der Waals surface area contributed by atoms with Crippen molar-refractivity contribution in [2.24, 2.45) is 0 Å². The van der Waals surface area contributed by atoms with Gasteiger partial charge >= 0.3 is 0 Å². The molecule has 0 radical (unpaired) electrons. The minimum Gasteiger partial charge on any atom is -0.206 e. The standard InChI is InChI=1S/C8H2BrFN2.CH4/c9-7-2-8(10)6(4-12)1-5(7)3-11;/h1-2H;1H4. The number of nitriles is 2. The average molecular weight is 241 g/mol. The van der Waals surface area contributed by atoms with Gasteiger partial charge in [-0.3, -0.25) is 0 Å². The molecular weight excluding hydrogens is 235 g/mol. The summed E-state index contributed by atoms with van der Waals surface area (Å²) in [6, 6.07) is 5.80. The van der Waals surface area contributed by atoms with Crippen LogP contribution in [-0.2, 0) is 0 Å². The van der Waals surface area contributed by atoms with Crippen molar-refractivity contribution in [3.8, 4) is 12.1 Å². The van der Waals surface area contributed by atoms with Gasteiger partial charge < -0.3 is 0 Å². The van der Waals surface area contributed by atoms with E-state index in [1.54, 1.807) is 6.07 Å². The third-order valence-electron chi connectivity index (χ3n) is 1.30. The van der Waals surface area contributed by atoms with Gasteiger partial charge in [0.15, 0.2) is 0 Å². The molecule has 4 heteroatoms. The lowest BCUT2D eigenvalue weighted by Gasteiger charge is -1.96. The number of hydrogen-bond donors (Lipinski definition) is 0. The second-order valence-electron chi connectivity index (χ2n) is 2.04. The zero-order valence-corrected chi connectivity index (χ0v) is 7.39. The SMILES string of the molecule is C.N#Cc1cc(C#N)c(Br)cc1F. The highest BCUT2D eigenvalue weighted by molar-refractivity contribution is 9.10. The number of rotatable bonds is 0. The Bertz CT molecular complexity index is 366. The molecule has 0 fully saturated rings. The van der Waals surface area contributed by atoms with Crippen LogP contribution in [0.5, 0.6) is 0 Å². The Labute approximate surface area is 84.4 Å². The Morgan fingerprint density at radius 3 is 2.15 bits per heavy atom. The van der Waals surface area contributed by atoms with E-state index in [0.29, 0.717) is 4.47 Å². The van der Waals surface area contributed by atoms with Gasteiger partial charge in [0.25, 0.3) is 0 Å². The number of hydrogen-bond acceptors (Lipinski definition) is 2. The van der Waals surface area contributed by atoms with Crippen molar-refractivity contribution in [3.05, 3.63) is 33.5 Å². The molecule has 1 rings (SSSR count). The Morgan fingerprint density at radius 1 is 1.15 bits per heavy atom. The molecule has 0 heterocycles. The predicted molar refractivity (Wildman–Crippen MR) is 50.3 cm³/mol. The van der Waals surface area contributed by atoms with Crippen molar-refractivity contribution < 1.29 is 4.39 Å². The lowest BCUT2D eigenvalue weighted by molar-refractivity contribution is 0.623. The molecule has 1 aromatic rings. The summed E-state index contributed by atoms with van der Waals surface area (Å²) in [5.74, 6) is -0.622. The van der Waals surface area contributed by atoms with Gasteiger partial charge in [-0.05, 0) is 28.1 Å². The van der Waals surface area contributed by atoms with Crippen molar-refractivity contribution in [2.45, 2.75) is 7.43 Å². The van der Waals surface area contributed by atoms with Crippen LogP contribution in [0.4, 0.5) is 4.39 Å². The van der Waals surface area contributed by atoms with Gasteiger partial charge in [-0.1, -0.05) is 7.43 Å². The third-order valence-corrected chi connectivity index (χ3v) is 1.95. The van der Waals surface area contributed by atoms with Crippen molar-refractivity contribution >= 4 is 15.9 Å². The molecule has 1 aromatic carbocycles. The molecule has 0 bridgehead atoms. The van der Waals surface area contributed by atoms with Crippen molar-refractivity contribution in [1.82, 2.24) is 0 Å². The largest absolute Gasteiger partial charge is 0.206 e. The summed E-state index contributed by atoms with van der Waals surface area (Å²) in [6.07, 6.45) is 0. The Kier molecular flexibility index (Phi) is 4.10. The van der Waals surface area contributed by atoms with E-state index in [0.717, 1.165) is 6.07 Å². The molecule has 0 aromatic heterocycles. The quantitative estimate of drug-likeness (QED) is 0.700. The van der Waals surface area contributed by atoms with Crippen LogP contribution in [-0.4, -0.2) is 0 Å². The van der Waals surface area contributed by atoms with Crippen LogP contribution in [0.2, 0.25) is 0 Å². The minimum atomic E-state index is -0.622. The first-order valence-electron chi connectivity index (χ1n) is 2.98. The molecular formula is C9H6BrFN2. The maximum Gasteiger partial charge on any atom is 0.142 e. The summed E-state index contributed by atoms with van der Waals surface area (Å²) < 4.78 is 13.2. The monoisotopic (exact) mass is 240 g/mol. The van der Waals surface area contributed by atoms with Gasteiger partial charge in [-0.15, -0.1) is 0 Å². The molecule has 0 N–H and O–H groups in total. The molecule has 0 atom stereocenters. The highest BCUT2D eigenvalue weighted by Gasteiger charge is 2.06. The third kappa shape index (κ3) is 2.27. The van der Waals surface area contributed by atoms with E-state index in [1.807, 2.05) is 6.07 Å². The van der Waals surface area contributed by atoms with Crippen molar-refractivity contribution in [3.63, 3.8) is 0 Å². The van der Waals surface area contributed by atoms with Crippen LogP contribution in [0.25, 0.3) is 0 Å². The summed E-state index contributed by atoms with van der Waals surface area (Å²) in [4.78, 5) is 0. The highest BCUT2D eigenvalue weighted by atomic mass is 79.9. The van der Waals surface area contributed by atoms with Gasteiger partial charge in [0, 0.05) is 4.47 Å². The smallest absolute Gasteiger partial charge is 0.142 e.